The van der Waals surface area contributed by atoms with E-state index < -0.39 is 9.84 Å². The summed E-state index contributed by atoms with van der Waals surface area (Å²) in [4.78, 5) is 30.2. The van der Waals surface area contributed by atoms with Crippen LogP contribution in [0.1, 0.15) is 45.6 Å². The summed E-state index contributed by atoms with van der Waals surface area (Å²) in [5.74, 6) is -0.102. The lowest BCUT2D eigenvalue weighted by Gasteiger charge is -2.38. The summed E-state index contributed by atoms with van der Waals surface area (Å²) in [6.45, 7) is 1.44. The van der Waals surface area contributed by atoms with Crippen LogP contribution in [0.2, 0.25) is 0 Å². The molecule has 2 saturated heterocycles. The maximum absolute atomic E-state index is 13.4. The SMILES string of the molecule is CS(=O)(=O)c1sc(C(=O)N2CCC(N3C(=O)OCC3Cc3ccccc3)CC2)c2c1C=CCC2. The fraction of sp³-hybridized carbons (Fsp3) is 0.440. The van der Waals surface area contributed by atoms with Gasteiger partial charge in [0.15, 0.2) is 9.84 Å². The highest BCUT2D eigenvalue weighted by Crippen LogP contribution is 2.38. The topological polar surface area (TPSA) is 84.0 Å². The summed E-state index contributed by atoms with van der Waals surface area (Å²) >= 11 is 1.10. The predicted molar refractivity (Wildman–Crippen MR) is 131 cm³/mol. The molecule has 180 valence electrons. The number of thiophene rings is 1. The molecule has 3 heterocycles. The minimum atomic E-state index is -3.41. The van der Waals surface area contributed by atoms with Crippen LogP contribution in [-0.4, -0.2) is 68.3 Å². The van der Waals surface area contributed by atoms with Crippen LogP contribution in [-0.2, 0) is 27.4 Å². The fourth-order valence-corrected chi connectivity index (χ4v) is 7.69. The number of amides is 2. The average Bonchev–Trinajstić information content (AvgIpc) is 3.40. The molecule has 1 aromatic heterocycles. The lowest BCUT2D eigenvalue weighted by Crippen LogP contribution is -2.50. The molecule has 5 rings (SSSR count). The number of likely N-dealkylation sites (tertiary alicyclic amines) is 1. The number of carbonyl (C=O) groups is 2. The van der Waals surface area contributed by atoms with E-state index >= 15 is 0 Å². The first-order chi connectivity index (χ1) is 16.3. The smallest absolute Gasteiger partial charge is 0.410 e. The van der Waals surface area contributed by atoms with Gasteiger partial charge in [0.2, 0.25) is 0 Å². The van der Waals surface area contributed by atoms with Gasteiger partial charge in [-0.15, -0.1) is 11.3 Å². The number of hydrogen-bond acceptors (Lipinski definition) is 6. The van der Waals surface area contributed by atoms with Crippen molar-refractivity contribution in [3.8, 4) is 0 Å². The van der Waals surface area contributed by atoms with Crippen LogP contribution in [0.15, 0.2) is 40.6 Å². The van der Waals surface area contributed by atoms with E-state index in [1.54, 1.807) is 4.90 Å². The van der Waals surface area contributed by atoms with Crippen molar-refractivity contribution in [2.75, 3.05) is 26.0 Å². The summed E-state index contributed by atoms with van der Waals surface area (Å²) in [5, 5.41) is 0. The molecular formula is C25H28N2O5S2. The zero-order valence-corrected chi connectivity index (χ0v) is 20.7. The molecule has 2 amide bonds. The van der Waals surface area contributed by atoms with Gasteiger partial charge in [-0.2, -0.15) is 0 Å². The highest BCUT2D eigenvalue weighted by atomic mass is 32.2. The first-order valence-electron chi connectivity index (χ1n) is 11.6. The molecule has 0 bridgehead atoms. The maximum Gasteiger partial charge on any atom is 0.410 e. The van der Waals surface area contributed by atoms with E-state index in [9.17, 15) is 18.0 Å². The summed E-state index contributed by atoms with van der Waals surface area (Å²) in [6, 6.07) is 10.1. The van der Waals surface area contributed by atoms with Crippen LogP contribution in [0.25, 0.3) is 6.08 Å². The van der Waals surface area contributed by atoms with Crippen LogP contribution in [0.4, 0.5) is 4.79 Å². The number of piperidine rings is 1. The number of cyclic esters (lactones) is 1. The van der Waals surface area contributed by atoms with Crippen LogP contribution in [0.5, 0.6) is 0 Å². The van der Waals surface area contributed by atoms with Gasteiger partial charge in [0.05, 0.1) is 10.9 Å². The summed E-state index contributed by atoms with van der Waals surface area (Å²) in [7, 11) is -3.41. The Labute approximate surface area is 203 Å². The normalized spacial score (nSPS) is 21.0. The third-order valence-electron chi connectivity index (χ3n) is 6.85. The molecule has 1 unspecified atom stereocenters. The van der Waals surface area contributed by atoms with E-state index in [-0.39, 0.29) is 28.3 Å². The van der Waals surface area contributed by atoms with Gasteiger partial charge >= 0.3 is 6.09 Å². The molecule has 1 aromatic carbocycles. The number of rotatable bonds is 5. The molecule has 3 aliphatic rings. The standard InChI is InChI=1S/C25H28N2O5S2/c1-34(30,31)24-21-10-6-5-9-20(21)22(33-24)23(28)26-13-11-18(12-14-26)27-19(16-32-25(27)29)15-17-7-3-2-4-8-17/h2-4,6-8,10,18-19H,5,9,11-16H2,1H3. The number of carbonyl (C=O) groups excluding carboxylic acids is 2. The zero-order chi connectivity index (χ0) is 23.9. The minimum Gasteiger partial charge on any atom is -0.447 e. The first kappa shape index (κ1) is 23.1. The molecule has 0 N–H and O–H groups in total. The quantitative estimate of drug-likeness (QED) is 0.624. The van der Waals surface area contributed by atoms with Gasteiger partial charge in [-0.1, -0.05) is 42.5 Å². The zero-order valence-electron chi connectivity index (χ0n) is 19.1. The molecule has 7 nitrogen and oxygen atoms in total. The number of benzene rings is 1. The third-order valence-corrected chi connectivity index (χ3v) is 9.94. The Morgan fingerprint density at radius 3 is 2.62 bits per heavy atom. The van der Waals surface area contributed by atoms with Gasteiger partial charge in [-0.05, 0) is 43.2 Å². The number of sulfone groups is 1. The largest absolute Gasteiger partial charge is 0.447 e. The highest BCUT2D eigenvalue weighted by molar-refractivity contribution is 7.92. The molecule has 1 atom stereocenters. The molecule has 0 spiro atoms. The molecule has 2 aliphatic heterocycles. The lowest BCUT2D eigenvalue weighted by molar-refractivity contribution is 0.0640. The van der Waals surface area contributed by atoms with Gasteiger partial charge in [0, 0.05) is 31.0 Å². The van der Waals surface area contributed by atoms with E-state index in [0.29, 0.717) is 49.4 Å². The molecule has 0 saturated carbocycles. The Kier molecular flexibility index (Phi) is 6.24. The molecule has 1 aliphatic carbocycles. The number of nitrogens with zero attached hydrogens (tertiary/aromatic N) is 2. The van der Waals surface area contributed by atoms with Crippen molar-refractivity contribution in [1.29, 1.82) is 0 Å². The van der Waals surface area contributed by atoms with Crippen molar-refractivity contribution in [2.24, 2.45) is 0 Å². The maximum atomic E-state index is 13.4. The molecule has 9 heteroatoms. The number of allylic oxidation sites excluding steroid dienone is 1. The first-order valence-corrected chi connectivity index (χ1v) is 14.3. The third kappa shape index (κ3) is 4.38. The predicted octanol–water partition coefficient (Wildman–Crippen LogP) is 3.78. The second-order valence-electron chi connectivity index (χ2n) is 9.18. The van der Waals surface area contributed by atoms with Gasteiger partial charge in [-0.25, -0.2) is 13.2 Å². The summed E-state index contributed by atoms with van der Waals surface area (Å²) in [6.07, 6.45) is 8.30. The highest BCUT2D eigenvalue weighted by Gasteiger charge is 2.40. The number of hydrogen-bond donors (Lipinski definition) is 0. The molecule has 2 aromatic rings. The van der Waals surface area contributed by atoms with E-state index in [4.69, 9.17) is 4.74 Å². The van der Waals surface area contributed by atoms with E-state index in [0.717, 1.165) is 29.7 Å². The van der Waals surface area contributed by atoms with Crippen LogP contribution < -0.4 is 0 Å². The van der Waals surface area contributed by atoms with Crippen molar-refractivity contribution in [3.63, 3.8) is 0 Å². The van der Waals surface area contributed by atoms with Crippen LogP contribution in [0, 0.1) is 0 Å². The Balaban J connectivity index is 1.29. The summed E-state index contributed by atoms with van der Waals surface area (Å²) in [5.41, 5.74) is 2.70. The Morgan fingerprint density at radius 1 is 1.18 bits per heavy atom. The average molecular weight is 501 g/mol. The van der Waals surface area contributed by atoms with Gasteiger partial charge in [-0.3, -0.25) is 9.69 Å². The fourth-order valence-electron chi connectivity index (χ4n) is 5.20. The van der Waals surface area contributed by atoms with Gasteiger partial charge < -0.3 is 9.64 Å². The van der Waals surface area contributed by atoms with E-state index in [1.165, 1.54) is 11.8 Å². The Hall–Kier alpha value is -2.65. The van der Waals surface area contributed by atoms with E-state index in [2.05, 4.69) is 12.1 Å². The van der Waals surface area contributed by atoms with Crippen LogP contribution in [0.3, 0.4) is 0 Å². The van der Waals surface area contributed by atoms with E-state index in [1.807, 2.05) is 35.3 Å². The molecule has 0 radical (unpaired) electrons. The van der Waals surface area contributed by atoms with Gasteiger partial charge in [0.25, 0.3) is 5.91 Å². The second-order valence-corrected chi connectivity index (χ2v) is 12.4. The number of ether oxygens (including phenoxy) is 1. The molecular weight excluding hydrogens is 472 g/mol. The minimum absolute atomic E-state index is 0.00410. The Morgan fingerprint density at radius 2 is 1.91 bits per heavy atom. The van der Waals surface area contributed by atoms with Crippen LogP contribution >= 0.6 is 11.3 Å². The van der Waals surface area contributed by atoms with Crippen molar-refractivity contribution in [2.45, 2.75) is 48.4 Å². The molecule has 34 heavy (non-hydrogen) atoms. The van der Waals surface area contributed by atoms with Crippen molar-refractivity contribution >= 4 is 39.3 Å². The van der Waals surface area contributed by atoms with Crippen molar-refractivity contribution in [3.05, 3.63) is 58.0 Å². The Bertz CT molecular complexity index is 1230. The lowest BCUT2D eigenvalue weighted by atomic mass is 9.97. The molecule has 2 fully saturated rings. The monoisotopic (exact) mass is 500 g/mol. The number of fused-ring (bicyclic) bond motifs is 1. The second kappa shape index (κ2) is 9.19. The van der Waals surface area contributed by atoms with Crippen molar-refractivity contribution in [1.82, 2.24) is 9.80 Å². The summed E-state index contributed by atoms with van der Waals surface area (Å²) < 4.78 is 30.3. The van der Waals surface area contributed by atoms with Gasteiger partial charge in [0.1, 0.15) is 10.8 Å². The van der Waals surface area contributed by atoms with Crippen molar-refractivity contribution < 1.29 is 22.7 Å².